The normalized spacial score (nSPS) is 12.3. The highest BCUT2D eigenvalue weighted by molar-refractivity contribution is 5.83. The summed E-state index contributed by atoms with van der Waals surface area (Å²) in [5, 5.41) is 6.06. The quantitative estimate of drug-likeness (QED) is 0.843. The Labute approximate surface area is 106 Å². The van der Waals surface area contributed by atoms with Crippen LogP contribution in [0.15, 0.2) is 30.6 Å². The van der Waals surface area contributed by atoms with Gasteiger partial charge < -0.3 is 10.6 Å². The van der Waals surface area contributed by atoms with E-state index in [9.17, 15) is 4.79 Å². The Morgan fingerprint density at radius 3 is 3.11 bits per heavy atom. The van der Waals surface area contributed by atoms with Gasteiger partial charge in [-0.1, -0.05) is 13.0 Å². The number of carbonyl (C=O) groups excluding carboxylic acids is 1. The molecule has 1 amide bonds. The van der Waals surface area contributed by atoms with Crippen LogP contribution in [0.5, 0.6) is 0 Å². The molecule has 1 atom stereocenters. The van der Waals surface area contributed by atoms with Gasteiger partial charge in [0.2, 0.25) is 5.91 Å². The van der Waals surface area contributed by atoms with Crippen LogP contribution in [0.1, 0.15) is 20.3 Å². The minimum Gasteiger partial charge on any atom is -0.360 e. The largest absolute Gasteiger partial charge is 0.360 e. The lowest BCUT2D eigenvalue weighted by Gasteiger charge is -2.16. The predicted molar refractivity (Wildman–Crippen MR) is 71.6 cm³/mol. The van der Waals surface area contributed by atoms with E-state index >= 15 is 0 Å². The number of aromatic nitrogens is 2. The Morgan fingerprint density at radius 2 is 2.33 bits per heavy atom. The molecule has 0 saturated heterocycles. The second kappa shape index (κ2) is 5.53. The maximum atomic E-state index is 11.8. The zero-order valence-corrected chi connectivity index (χ0v) is 10.7. The first-order valence-corrected chi connectivity index (χ1v) is 6.18. The van der Waals surface area contributed by atoms with E-state index in [1.807, 2.05) is 42.6 Å². The lowest BCUT2D eigenvalue weighted by Crippen LogP contribution is -2.38. The van der Waals surface area contributed by atoms with E-state index in [1.165, 1.54) is 0 Å². The van der Waals surface area contributed by atoms with E-state index in [4.69, 9.17) is 0 Å². The molecule has 2 N–H and O–H groups in total. The minimum absolute atomic E-state index is 0.00830. The number of amides is 1. The van der Waals surface area contributed by atoms with Gasteiger partial charge in [-0.05, 0) is 25.5 Å². The summed E-state index contributed by atoms with van der Waals surface area (Å²) >= 11 is 0. The van der Waals surface area contributed by atoms with Crippen molar-refractivity contribution in [2.45, 2.75) is 26.3 Å². The molecule has 0 fully saturated rings. The summed E-state index contributed by atoms with van der Waals surface area (Å²) in [5.74, 6) is 0.873. The van der Waals surface area contributed by atoms with Crippen molar-refractivity contribution >= 4 is 17.4 Å². The molecule has 2 heterocycles. The van der Waals surface area contributed by atoms with Gasteiger partial charge in [0, 0.05) is 18.9 Å². The van der Waals surface area contributed by atoms with Crippen molar-refractivity contribution in [3.63, 3.8) is 0 Å². The van der Waals surface area contributed by atoms with Crippen LogP contribution in [0.2, 0.25) is 0 Å². The SMILES string of the molecule is CCCNC(=O)C(C)Nc1cccc2nccn12. The van der Waals surface area contributed by atoms with Gasteiger partial charge >= 0.3 is 0 Å². The summed E-state index contributed by atoms with van der Waals surface area (Å²) < 4.78 is 1.92. The number of carbonyl (C=O) groups is 1. The summed E-state index contributed by atoms with van der Waals surface area (Å²) in [6, 6.07) is 5.50. The van der Waals surface area contributed by atoms with Crippen LogP contribution in [0.3, 0.4) is 0 Å². The highest BCUT2D eigenvalue weighted by Crippen LogP contribution is 2.11. The lowest BCUT2D eigenvalue weighted by atomic mass is 10.3. The number of rotatable bonds is 5. The molecule has 0 aromatic carbocycles. The standard InChI is InChI=1S/C13H18N4O/c1-3-7-15-13(18)10(2)16-12-6-4-5-11-14-8-9-17(11)12/h4-6,8-10,16H,3,7H2,1-2H3,(H,15,18). The van der Waals surface area contributed by atoms with Gasteiger partial charge in [-0.3, -0.25) is 9.20 Å². The molecule has 0 saturated carbocycles. The third-order valence-electron chi connectivity index (χ3n) is 2.74. The molecule has 5 heteroatoms. The molecule has 0 aliphatic heterocycles. The zero-order valence-electron chi connectivity index (χ0n) is 10.7. The van der Waals surface area contributed by atoms with E-state index < -0.39 is 0 Å². The number of pyridine rings is 1. The first-order valence-electron chi connectivity index (χ1n) is 6.18. The Kier molecular flexibility index (Phi) is 3.82. The van der Waals surface area contributed by atoms with Gasteiger partial charge in [0.05, 0.1) is 0 Å². The molecule has 0 spiro atoms. The van der Waals surface area contributed by atoms with E-state index in [0.717, 1.165) is 17.9 Å². The molecule has 18 heavy (non-hydrogen) atoms. The lowest BCUT2D eigenvalue weighted by molar-refractivity contribution is -0.121. The monoisotopic (exact) mass is 246 g/mol. The topological polar surface area (TPSA) is 58.4 Å². The fourth-order valence-electron chi connectivity index (χ4n) is 1.75. The molecule has 0 aliphatic carbocycles. The van der Waals surface area contributed by atoms with Crippen molar-refractivity contribution in [3.8, 4) is 0 Å². The minimum atomic E-state index is -0.274. The van der Waals surface area contributed by atoms with E-state index in [2.05, 4.69) is 15.6 Å². The maximum Gasteiger partial charge on any atom is 0.242 e. The highest BCUT2D eigenvalue weighted by atomic mass is 16.2. The molecule has 5 nitrogen and oxygen atoms in total. The molecule has 1 unspecified atom stereocenters. The number of nitrogens with zero attached hydrogens (tertiary/aromatic N) is 2. The van der Waals surface area contributed by atoms with Crippen molar-refractivity contribution in [1.82, 2.24) is 14.7 Å². The maximum absolute atomic E-state index is 11.8. The number of hydrogen-bond acceptors (Lipinski definition) is 3. The molecule has 0 bridgehead atoms. The fourth-order valence-corrected chi connectivity index (χ4v) is 1.75. The van der Waals surface area contributed by atoms with Crippen molar-refractivity contribution in [3.05, 3.63) is 30.6 Å². The van der Waals surface area contributed by atoms with Crippen LogP contribution in [0.4, 0.5) is 5.82 Å². The Morgan fingerprint density at radius 1 is 1.50 bits per heavy atom. The Balaban J connectivity index is 2.09. The summed E-state index contributed by atoms with van der Waals surface area (Å²) in [4.78, 5) is 16.0. The Bertz CT molecular complexity index is 535. The van der Waals surface area contributed by atoms with Crippen LogP contribution in [0.25, 0.3) is 5.65 Å². The molecule has 2 aromatic rings. The van der Waals surface area contributed by atoms with Gasteiger partial charge in [-0.15, -0.1) is 0 Å². The first-order chi connectivity index (χ1) is 8.72. The molecule has 2 rings (SSSR count). The van der Waals surface area contributed by atoms with Gasteiger partial charge in [0.15, 0.2) is 0 Å². The molecular formula is C13H18N4O. The summed E-state index contributed by atoms with van der Waals surface area (Å²) in [6.45, 7) is 4.59. The fraction of sp³-hybridized carbons (Fsp3) is 0.385. The summed E-state index contributed by atoms with van der Waals surface area (Å²) in [6.07, 6.45) is 4.55. The molecule has 2 aromatic heterocycles. The number of imidazole rings is 1. The number of anilines is 1. The van der Waals surface area contributed by atoms with Crippen LogP contribution >= 0.6 is 0 Å². The van der Waals surface area contributed by atoms with Crippen molar-refractivity contribution in [2.24, 2.45) is 0 Å². The second-order valence-corrected chi connectivity index (χ2v) is 4.22. The van der Waals surface area contributed by atoms with Gasteiger partial charge in [0.25, 0.3) is 0 Å². The number of hydrogen-bond donors (Lipinski definition) is 2. The van der Waals surface area contributed by atoms with E-state index in [-0.39, 0.29) is 11.9 Å². The Hall–Kier alpha value is -2.04. The van der Waals surface area contributed by atoms with Gasteiger partial charge in [0.1, 0.15) is 17.5 Å². The number of fused-ring (bicyclic) bond motifs is 1. The molecular weight excluding hydrogens is 228 g/mol. The molecule has 0 aliphatic rings. The number of nitrogens with one attached hydrogen (secondary N) is 2. The second-order valence-electron chi connectivity index (χ2n) is 4.22. The summed E-state index contributed by atoms with van der Waals surface area (Å²) in [5.41, 5.74) is 0.862. The smallest absolute Gasteiger partial charge is 0.242 e. The third kappa shape index (κ3) is 2.61. The van der Waals surface area contributed by atoms with E-state index in [0.29, 0.717) is 6.54 Å². The molecule has 96 valence electrons. The third-order valence-corrected chi connectivity index (χ3v) is 2.74. The zero-order chi connectivity index (χ0) is 13.0. The van der Waals surface area contributed by atoms with Crippen molar-refractivity contribution in [1.29, 1.82) is 0 Å². The van der Waals surface area contributed by atoms with Crippen molar-refractivity contribution in [2.75, 3.05) is 11.9 Å². The van der Waals surface area contributed by atoms with Crippen LogP contribution in [-0.4, -0.2) is 27.9 Å². The highest BCUT2D eigenvalue weighted by Gasteiger charge is 2.12. The first kappa shape index (κ1) is 12.4. The van der Waals surface area contributed by atoms with Crippen LogP contribution < -0.4 is 10.6 Å². The average molecular weight is 246 g/mol. The van der Waals surface area contributed by atoms with Crippen molar-refractivity contribution < 1.29 is 4.79 Å². The van der Waals surface area contributed by atoms with Crippen LogP contribution in [0, 0.1) is 0 Å². The van der Waals surface area contributed by atoms with Gasteiger partial charge in [-0.25, -0.2) is 4.98 Å². The summed E-state index contributed by atoms with van der Waals surface area (Å²) in [7, 11) is 0. The molecule has 0 radical (unpaired) electrons. The van der Waals surface area contributed by atoms with E-state index in [1.54, 1.807) is 6.20 Å². The van der Waals surface area contributed by atoms with Crippen LogP contribution in [-0.2, 0) is 4.79 Å². The average Bonchev–Trinajstić information content (AvgIpc) is 2.85. The predicted octanol–water partition coefficient (Wildman–Crippen LogP) is 1.66. The van der Waals surface area contributed by atoms with Gasteiger partial charge in [-0.2, -0.15) is 0 Å².